The van der Waals surface area contributed by atoms with Crippen molar-refractivity contribution in [3.05, 3.63) is 23.2 Å². The largest absolute Gasteiger partial charge is 0.489 e. The minimum atomic E-state index is -3.89. The molecule has 1 aliphatic heterocycles. The van der Waals surface area contributed by atoms with E-state index in [1.54, 1.807) is 6.07 Å². The molecule has 1 aromatic carbocycles. The van der Waals surface area contributed by atoms with E-state index in [9.17, 15) is 8.42 Å². The van der Waals surface area contributed by atoms with Crippen LogP contribution >= 0.6 is 22.3 Å². The molecule has 1 saturated heterocycles. The van der Waals surface area contributed by atoms with Crippen molar-refractivity contribution in [3.8, 4) is 5.75 Å². The monoisotopic (exact) mass is 324 g/mol. The number of hydrogen-bond donors (Lipinski definition) is 0. The first-order valence-corrected chi connectivity index (χ1v) is 8.64. The van der Waals surface area contributed by atoms with Gasteiger partial charge in [0, 0.05) is 22.3 Å². The lowest BCUT2D eigenvalue weighted by molar-refractivity contribution is -0.0116. The Balaban J connectivity index is 2.11. The molecule has 1 heterocycles. The number of hydrogen-bond acceptors (Lipinski definition) is 4. The summed E-state index contributed by atoms with van der Waals surface area (Å²) in [6, 6.07) is 4.34. The van der Waals surface area contributed by atoms with E-state index in [1.807, 2.05) is 0 Å². The van der Waals surface area contributed by atoms with E-state index in [4.69, 9.17) is 31.8 Å². The molecule has 4 nitrogen and oxygen atoms in total. The van der Waals surface area contributed by atoms with Gasteiger partial charge in [-0.3, -0.25) is 0 Å². The van der Waals surface area contributed by atoms with Gasteiger partial charge in [0.2, 0.25) is 0 Å². The fraction of sp³-hybridized carbons (Fsp3) is 0.500. The van der Waals surface area contributed by atoms with Crippen LogP contribution in [0.4, 0.5) is 0 Å². The zero-order valence-electron chi connectivity index (χ0n) is 10.1. The number of rotatable bonds is 4. The molecule has 1 fully saturated rings. The maximum absolute atomic E-state index is 11.5. The Morgan fingerprint density at radius 1 is 1.37 bits per heavy atom. The second kappa shape index (κ2) is 6.31. The lowest BCUT2D eigenvalue weighted by Crippen LogP contribution is -2.26. The van der Waals surface area contributed by atoms with Gasteiger partial charge < -0.3 is 9.47 Å². The summed E-state index contributed by atoms with van der Waals surface area (Å²) in [7, 11) is 1.47. The van der Waals surface area contributed by atoms with Crippen molar-refractivity contribution < 1.29 is 17.9 Å². The first kappa shape index (κ1) is 14.9. The normalized spacial score (nSPS) is 20.2. The predicted octanol–water partition coefficient (Wildman–Crippen LogP) is 3.22. The number of halogens is 2. The highest BCUT2D eigenvalue weighted by Crippen LogP contribution is 2.30. The minimum Gasteiger partial charge on any atom is -0.489 e. The molecule has 7 heteroatoms. The Bertz CT molecular complexity index is 539. The second-order valence-corrected chi connectivity index (χ2v) is 7.30. The van der Waals surface area contributed by atoms with Gasteiger partial charge in [-0.15, -0.1) is 0 Å². The van der Waals surface area contributed by atoms with Crippen molar-refractivity contribution in [3.63, 3.8) is 0 Å². The molecular weight excluding hydrogens is 311 g/mol. The third kappa shape index (κ3) is 4.24. The van der Waals surface area contributed by atoms with Crippen molar-refractivity contribution >= 4 is 31.3 Å². The highest BCUT2D eigenvalue weighted by molar-refractivity contribution is 8.13. The Hall–Kier alpha value is -0.490. The topological polar surface area (TPSA) is 52.6 Å². The van der Waals surface area contributed by atoms with Crippen LogP contribution < -0.4 is 4.74 Å². The summed E-state index contributed by atoms with van der Waals surface area (Å²) in [5, 5.41) is 0.292. The van der Waals surface area contributed by atoms with Gasteiger partial charge in [0.25, 0.3) is 9.05 Å². The molecule has 1 aliphatic rings. The molecule has 1 aromatic rings. The van der Waals surface area contributed by atoms with Gasteiger partial charge in [-0.1, -0.05) is 11.6 Å². The summed E-state index contributed by atoms with van der Waals surface area (Å²) < 4.78 is 33.9. The SMILES string of the molecule is O=S(=O)(Cl)c1cc(Cl)ccc1OC[C@@H]1CCCCO1. The predicted molar refractivity (Wildman–Crippen MR) is 73.6 cm³/mol. The van der Waals surface area contributed by atoms with E-state index in [1.165, 1.54) is 12.1 Å². The summed E-state index contributed by atoms with van der Waals surface area (Å²) >= 11 is 5.77. The van der Waals surface area contributed by atoms with Gasteiger partial charge in [0.15, 0.2) is 0 Å². The highest BCUT2D eigenvalue weighted by atomic mass is 35.7. The summed E-state index contributed by atoms with van der Waals surface area (Å²) in [4.78, 5) is -0.113. The Labute approximate surface area is 122 Å². The number of benzene rings is 1. The zero-order chi connectivity index (χ0) is 13.9. The molecule has 2 rings (SSSR count). The maximum atomic E-state index is 11.5. The first-order valence-electron chi connectivity index (χ1n) is 5.95. The van der Waals surface area contributed by atoms with E-state index >= 15 is 0 Å². The van der Waals surface area contributed by atoms with E-state index in [0.717, 1.165) is 25.9 Å². The van der Waals surface area contributed by atoms with Crippen molar-refractivity contribution in [2.75, 3.05) is 13.2 Å². The number of ether oxygens (including phenoxy) is 2. The van der Waals surface area contributed by atoms with Crippen LogP contribution in [-0.2, 0) is 13.8 Å². The average molecular weight is 325 g/mol. The van der Waals surface area contributed by atoms with Crippen LogP contribution in [0.25, 0.3) is 0 Å². The molecule has 0 N–H and O–H groups in total. The van der Waals surface area contributed by atoms with Crippen LogP contribution in [0.2, 0.25) is 5.02 Å². The molecule has 0 bridgehead atoms. The van der Waals surface area contributed by atoms with Gasteiger partial charge in [-0.25, -0.2) is 8.42 Å². The van der Waals surface area contributed by atoms with Crippen molar-refractivity contribution in [1.29, 1.82) is 0 Å². The fourth-order valence-corrected chi connectivity index (χ4v) is 3.15. The summed E-state index contributed by atoms with van der Waals surface area (Å²) in [5.41, 5.74) is 0. The van der Waals surface area contributed by atoms with E-state index in [2.05, 4.69) is 0 Å². The molecule has 0 radical (unpaired) electrons. The van der Waals surface area contributed by atoms with Crippen LogP contribution in [-0.4, -0.2) is 27.7 Å². The Morgan fingerprint density at radius 2 is 2.16 bits per heavy atom. The second-order valence-electron chi connectivity index (χ2n) is 4.33. The lowest BCUT2D eigenvalue weighted by Gasteiger charge is -2.23. The van der Waals surface area contributed by atoms with Crippen LogP contribution in [0.15, 0.2) is 23.1 Å². The molecule has 1 atom stereocenters. The quantitative estimate of drug-likeness (QED) is 0.798. The Morgan fingerprint density at radius 3 is 2.79 bits per heavy atom. The average Bonchev–Trinajstić information content (AvgIpc) is 2.37. The van der Waals surface area contributed by atoms with Crippen LogP contribution in [0.3, 0.4) is 0 Å². The van der Waals surface area contributed by atoms with Crippen LogP contribution in [0, 0.1) is 0 Å². The van der Waals surface area contributed by atoms with Gasteiger partial charge in [0.1, 0.15) is 17.3 Å². The molecule has 0 unspecified atom stereocenters. The lowest BCUT2D eigenvalue weighted by atomic mass is 10.1. The fourth-order valence-electron chi connectivity index (χ4n) is 1.91. The smallest absolute Gasteiger partial charge is 0.265 e. The summed E-state index contributed by atoms with van der Waals surface area (Å²) in [5.74, 6) is 0.202. The van der Waals surface area contributed by atoms with E-state index in [-0.39, 0.29) is 16.7 Å². The molecule has 0 spiro atoms. The molecule has 0 amide bonds. The molecule has 0 saturated carbocycles. The molecular formula is C12H14Cl2O4S. The summed E-state index contributed by atoms with van der Waals surface area (Å²) in [6.45, 7) is 1.02. The van der Waals surface area contributed by atoms with E-state index in [0.29, 0.717) is 11.6 Å². The third-order valence-corrected chi connectivity index (χ3v) is 4.45. The minimum absolute atomic E-state index is 0.00434. The maximum Gasteiger partial charge on any atom is 0.265 e. The molecule has 0 aromatic heterocycles. The van der Waals surface area contributed by atoms with Crippen LogP contribution in [0.1, 0.15) is 19.3 Å². The van der Waals surface area contributed by atoms with Crippen molar-refractivity contribution in [2.45, 2.75) is 30.3 Å². The standard InChI is InChI=1S/C12H14Cl2O4S/c13-9-4-5-11(12(7-9)19(14,15)16)18-8-10-3-1-2-6-17-10/h4-5,7,10H,1-3,6,8H2/t10-/m0/s1. The van der Waals surface area contributed by atoms with Crippen LogP contribution in [0.5, 0.6) is 5.75 Å². The van der Waals surface area contributed by atoms with Gasteiger partial charge in [-0.05, 0) is 37.5 Å². The third-order valence-electron chi connectivity index (χ3n) is 2.87. The first-order chi connectivity index (χ1) is 8.97. The van der Waals surface area contributed by atoms with E-state index < -0.39 is 9.05 Å². The Kier molecular flexibility index (Phi) is 4.95. The highest BCUT2D eigenvalue weighted by Gasteiger charge is 2.20. The van der Waals surface area contributed by atoms with Crippen molar-refractivity contribution in [1.82, 2.24) is 0 Å². The molecule has 19 heavy (non-hydrogen) atoms. The molecule has 106 valence electrons. The van der Waals surface area contributed by atoms with Crippen molar-refractivity contribution in [2.24, 2.45) is 0 Å². The van der Waals surface area contributed by atoms with Gasteiger partial charge >= 0.3 is 0 Å². The van der Waals surface area contributed by atoms with Gasteiger partial charge in [-0.2, -0.15) is 0 Å². The summed E-state index contributed by atoms with van der Waals surface area (Å²) in [6.07, 6.45) is 3.06. The molecule has 0 aliphatic carbocycles. The zero-order valence-corrected chi connectivity index (χ0v) is 12.5. The van der Waals surface area contributed by atoms with Gasteiger partial charge in [0.05, 0.1) is 6.10 Å².